The molecule has 31 heavy (non-hydrogen) atoms. The van der Waals surface area contributed by atoms with E-state index in [4.69, 9.17) is 4.74 Å². The van der Waals surface area contributed by atoms with Gasteiger partial charge in [0.2, 0.25) is 0 Å². The van der Waals surface area contributed by atoms with Gasteiger partial charge in [-0.1, -0.05) is 36.4 Å². The monoisotopic (exact) mass is 418 g/mol. The number of hydrogen-bond acceptors (Lipinski definition) is 3. The third-order valence-electron chi connectivity index (χ3n) is 6.85. The zero-order valence-electron chi connectivity index (χ0n) is 17.6. The number of carbonyl (C=O) groups excluding carboxylic acids is 1. The lowest BCUT2D eigenvalue weighted by Crippen LogP contribution is -2.51. The minimum Gasteiger partial charge on any atom is -0.375 e. The Morgan fingerprint density at radius 3 is 2.81 bits per heavy atom. The number of likely N-dealkylation sites (tertiary alicyclic amines) is 1. The van der Waals surface area contributed by atoms with Crippen molar-refractivity contribution in [3.63, 3.8) is 0 Å². The number of pyridine rings is 1. The van der Waals surface area contributed by atoms with Crippen LogP contribution < -0.4 is 0 Å². The maximum absolute atomic E-state index is 13.6. The molecule has 1 aromatic heterocycles. The van der Waals surface area contributed by atoms with Crippen LogP contribution in [0.5, 0.6) is 0 Å². The van der Waals surface area contributed by atoms with Crippen molar-refractivity contribution >= 4 is 16.7 Å². The lowest BCUT2D eigenvalue weighted by Gasteiger charge is -2.46. The zero-order valence-corrected chi connectivity index (χ0v) is 17.6. The molecule has 5 rings (SSSR count). The van der Waals surface area contributed by atoms with Crippen LogP contribution in [0.2, 0.25) is 0 Å². The molecule has 2 fully saturated rings. The quantitative estimate of drug-likeness (QED) is 0.600. The number of hydrogen-bond donors (Lipinski definition) is 0. The number of piperidine rings is 1. The Hall–Kier alpha value is -2.79. The highest BCUT2D eigenvalue weighted by atomic mass is 19.1. The lowest BCUT2D eigenvalue weighted by molar-refractivity contribution is -0.123. The summed E-state index contributed by atoms with van der Waals surface area (Å²) in [5.41, 5.74) is 1.42. The van der Waals surface area contributed by atoms with Gasteiger partial charge < -0.3 is 9.64 Å². The maximum Gasteiger partial charge on any atom is 0.273 e. The van der Waals surface area contributed by atoms with E-state index in [0.29, 0.717) is 24.7 Å². The second kappa shape index (κ2) is 8.39. The van der Waals surface area contributed by atoms with Crippen molar-refractivity contribution in [2.75, 3.05) is 19.7 Å². The number of benzene rings is 2. The van der Waals surface area contributed by atoms with E-state index < -0.39 is 0 Å². The highest BCUT2D eigenvalue weighted by Crippen LogP contribution is 2.39. The van der Waals surface area contributed by atoms with E-state index in [-0.39, 0.29) is 17.3 Å². The van der Waals surface area contributed by atoms with Crippen LogP contribution in [0, 0.1) is 11.7 Å². The van der Waals surface area contributed by atoms with Gasteiger partial charge in [-0.2, -0.15) is 0 Å². The van der Waals surface area contributed by atoms with Crippen LogP contribution in [0.3, 0.4) is 0 Å². The smallest absolute Gasteiger partial charge is 0.273 e. The molecule has 2 aromatic carbocycles. The second-order valence-electron chi connectivity index (χ2n) is 8.90. The highest BCUT2D eigenvalue weighted by Gasteiger charge is 2.41. The molecule has 4 nitrogen and oxygen atoms in total. The largest absolute Gasteiger partial charge is 0.375 e. The molecule has 2 saturated heterocycles. The standard InChI is InChI=1S/C26H27FN2O2/c27-22-6-3-4-19(17-22)16-20-9-15-31-26(18-20)10-13-29(14-11-26)25(30)24-23-7-2-1-5-21(23)8-12-28-24/h1-8,12,17,20H,9-11,13-16,18H2. The molecule has 2 aliphatic rings. The van der Waals surface area contributed by atoms with Crippen LogP contribution in [-0.2, 0) is 11.2 Å². The summed E-state index contributed by atoms with van der Waals surface area (Å²) in [6.07, 6.45) is 6.24. The Bertz CT molecular complexity index is 1090. The van der Waals surface area contributed by atoms with Crippen molar-refractivity contribution in [3.8, 4) is 0 Å². The maximum atomic E-state index is 13.6. The minimum absolute atomic E-state index is 0.00114. The molecule has 0 bridgehead atoms. The Balaban J connectivity index is 1.25. The molecule has 0 saturated carbocycles. The van der Waals surface area contributed by atoms with Crippen LogP contribution >= 0.6 is 0 Å². The van der Waals surface area contributed by atoms with E-state index in [9.17, 15) is 9.18 Å². The van der Waals surface area contributed by atoms with Crippen molar-refractivity contribution in [1.29, 1.82) is 0 Å². The minimum atomic E-state index is -0.173. The first kappa shape index (κ1) is 20.1. The van der Waals surface area contributed by atoms with Gasteiger partial charge in [-0.3, -0.25) is 9.78 Å². The molecular weight excluding hydrogens is 391 g/mol. The van der Waals surface area contributed by atoms with Crippen LogP contribution in [0.1, 0.15) is 41.7 Å². The van der Waals surface area contributed by atoms with Crippen molar-refractivity contribution in [2.24, 2.45) is 5.92 Å². The lowest BCUT2D eigenvalue weighted by atomic mass is 9.77. The van der Waals surface area contributed by atoms with Gasteiger partial charge in [-0.15, -0.1) is 0 Å². The summed E-state index contributed by atoms with van der Waals surface area (Å²) < 4.78 is 19.8. The molecule has 0 radical (unpaired) electrons. The predicted octanol–water partition coefficient (Wildman–Crippen LogP) is 5.02. The molecule has 1 spiro atoms. The van der Waals surface area contributed by atoms with Gasteiger partial charge in [0, 0.05) is 31.3 Å². The third kappa shape index (κ3) is 4.19. The molecule has 0 aliphatic carbocycles. The first-order valence-electron chi connectivity index (χ1n) is 11.1. The topological polar surface area (TPSA) is 42.4 Å². The average Bonchev–Trinajstić information content (AvgIpc) is 2.79. The number of fused-ring (bicyclic) bond motifs is 1. The highest BCUT2D eigenvalue weighted by molar-refractivity contribution is 6.05. The van der Waals surface area contributed by atoms with Crippen molar-refractivity contribution in [3.05, 3.63) is 77.9 Å². The number of nitrogens with zero attached hydrogens (tertiary/aromatic N) is 2. The summed E-state index contributed by atoms with van der Waals surface area (Å²) in [5.74, 6) is 0.310. The summed E-state index contributed by atoms with van der Waals surface area (Å²) >= 11 is 0. The molecule has 160 valence electrons. The predicted molar refractivity (Wildman–Crippen MR) is 118 cm³/mol. The molecule has 5 heteroatoms. The van der Waals surface area contributed by atoms with Gasteiger partial charge >= 0.3 is 0 Å². The number of carbonyl (C=O) groups is 1. The molecule has 3 aromatic rings. The Kier molecular flexibility index (Phi) is 5.45. The molecule has 3 heterocycles. The van der Waals surface area contributed by atoms with E-state index >= 15 is 0 Å². The van der Waals surface area contributed by atoms with Gasteiger partial charge in [-0.25, -0.2) is 4.39 Å². The summed E-state index contributed by atoms with van der Waals surface area (Å²) in [4.78, 5) is 19.5. The fourth-order valence-electron chi connectivity index (χ4n) is 5.21. The molecule has 0 N–H and O–H groups in total. The van der Waals surface area contributed by atoms with Gasteiger partial charge in [0.1, 0.15) is 11.5 Å². The number of amides is 1. The summed E-state index contributed by atoms with van der Waals surface area (Å²) in [7, 11) is 0. The van der Waals surface area contributed by atoms with E-state index in [1.54, 1.807) is 18.3 Å². The third-order valence-corrected chi connectivity index (χ3v) is 6.85. The van der Waals surface area contributed by atoms with Gasteiger partial charge in [-0.05, 0) is 67.2 Å². The SMILES string of the molecule is O=C(c1nccc2ccccc12)N1CCC2(CC1)CC(Cc1cccc(F)c1)CCO2. The Morgan fingerprint density at radius 1 is 1.13 bits per heavy atom. The first-order chi connectivity index (χ1) is 15.1. The van der Waals surface area contributed by atoms with Crippen molar-refractivity contribution < 1.29 is 13.9 Å². The summed E-state index contributed by atoms with van der Waals surface area (Å²) in [5, 5.41) is 1.93. The van der Waals surface area contributed by atoms with E-state index in [1.807, 2.05) is 41.3 Å². The summed E-state index contributed by atoms with van der Waals surface area (Å²) in [6.45, 7) is 2.09. The molecule has 2 aliphatic heterocycles. The molecule has 1 atom stereocenters. The Labute approximate surface area is 182 Å². The van der Waals surface area contributed by atoms with Crippen LogP contribution in [-0.4, -0.2) is 41.1 Å². The normalized spacial score (nSPS) is 20.8. The summed E-state index contributed by atoms with van der Waals surface area (Å²) in [6, 6.07) is 16.7. The Morgan fingerprint density at radius 2 is 1.97 bits per heavy atom. The van der Waals surface area contributed by atoms with Crippen molar-refractivity contribution in [2.45, 2.75) is 37.7 Å². The zero-order chi connectivity index (χ0) is 21.3. The molecule has 1 amide bonds. The first-order valence-corrected chi connectivity index (χ1v) is 11.1. The number of ether oxygens (including phenoxy) is 1. The van der Waals surface area contributed by atoms with E-state index in [0.717, 1.165) is 55.0 Å². The van der Waals surface area contributed by atoms with Crippen LogP contribution in [0.15, 0.2) is 60.8 Å². The van der Waals surface area contributed by atoms with Gasteiger partial charge in [0.25, 0.3) is 5.91 Å². The number of aromatic nitrogens is 1. The molecule has 1 unspecified atom stereocenters. The number of rotatable bonds is 3. The average molecular weight is 419 g/mol. The number of halogens is 1. The van der Waals surface area contributed by atoms with E-state index in [2.05, 4.69) is 4.98 Å². The molecular formula is C26H27FN2O2. The van der Waals surface area contributed by atoms with E-state index in [1.165, 1.54) is 6.07 Å². The second-order valence-corrected chi connectivity index (χ2v) is 8.90. The van der Waals surface area contributed by atoms with Crippen LogP contribution in [0.25, 0.3) is 10.8 Å². The van der Waals surface area contributed by atoms with Crippen molar-refractivity contribution in [1.82, 2.24) is 9.88 Å². The van der Waals surface area contributed by atoms with Gasteiger partial charge in [0.15, 0.2) is 0 Å². The van der Waals surface area contributed by atoms with Gasteiger partial charge in [0.05, 0.1) is 5.60 Å². The fraction of sp³-hybridized carbons (Fsp3) is 0.385. The van der Waals surface area contributed by atoms with Crippen LogP contribution in [0.4, 0.5) is 4.39 Å². The fourth-order valence-corrected chi connectivity index (χ4v) is 5.21.